The predicted molar refractivity (Wildman–Crippen MR) is 66.5 cm³/mol. The first-order valence-electron chi connectivity index (χ1n) is 5.89. The fraction of sp³-hybridized carbons (Fsp3) is 0.571. The van der Waals surface area contributed by atoms with Gasteiger partial charge in [-0.15, -0.1) is 0 Å². The van der Waals surface area contributed by atoms with E-state index in [1.165, 1.54) is 5.56 Å². The maximum absolute atomic E-state index is 10.1. The molecule has 1 N–H and O–H groups in total. The molecule has 0 radical (unpaired) electrons. The predicted octanol–water partition coefficient (Wildman–Crippen LogP) is 2.80. The van der Waals surface area contributed by atoms with Gasteiger partial charge < -0.3 is 9.84 Å². The summed E-state index contributed by atoms with van der Waals surface area (Å²) in [5.41, 5.74) is 0.838. The molecule has 0 aliphatic carbocycles. The molecule has 0 aromatic heterocycles. The minimum atomic E-state index is -0.422. The van der Waals surface area contributed by atoms with Gasteiger partial charge in [0.2, 0.25) is 0 Å². The highest BCUT2D eigenvalue weighted by Gasteiger charge is 2.30. The monoisotopic (exact) mass is 222 g/mol. The fourth-order valence-electron chi connectivity index (χ4n) is 1.77. The van der Waals surface area contributed by atoms with Crippen LogP contribution in [0.5, 0.6) is 0 Å². The molecule has 0 bridgehead atoms. The number of rotatable bonds is 6. The summed E-state index contributed by atoms with van der Waals surface area (Å²) in [4.78, 5) is 0. The largest absolute Gasteiger partial charge is 0.390 e. The van der Waals surface area contributed by atoms with E-state index in [0.717, 1.165) is 19.3 Å². The topological polar surface area (TPSA) is 29.5 Å². The fourth-order valence-corrected chi connectivity index (χ4v) is 1.77. The summed E-state index contributed by atoms with van der Waals surface area (Å²) in [6, 6.07) is 10.2. The van der Waals surface area contributed by atoms with Crippen molar-refractivity contribution < 1.29 is 9.84 Å². The van der Waals surface area contributed by atoms with Crippen molar-refractivity contribution >= 4 is 0 Å². The van der Waals surface area contributed by atoms with Crippen LogP contribution < -0.4 is 0 Å². The van der Waals surface area contributed by atoms with Crippen molar-refractivity contribution in [3.63, 3.8) is 0 Å². The number of hydrogen-bond donors (Lipinski definition) is 1. The highest BCUT2D eigenvalue weighted by molar-refractivity contribution is 5.14. The molecule has 0 aliphatic heterocycles. The molecule has 16 heavy (non-hydrogen) atoms. The number of ether oxygens (including phenoxy) is 1. The quantitative estimate of drug-likeness (QED) is 0.802. The summed E-state index contributed by atoms with van der Waals surface area (Å²) in [5.74, 6) is 0. The molecule has 2 atom stereocenters. The first kappa shape index (κ1) is 13.2. The zero-order valence-corrected chi connectivity index (χ0v) is 10.4. The second kappa shape index (κ2) is 6.02. The van der Waals surface area contributed by atoms with Gasteiger partial charge in [0.1, 0.15) is 0 Å². The van der Waals surface area contributed by atoms with Crippen LogP contribution in [0, 0.1) is 0 Å². The van der Waals surface area contributed by atoms with Gasteiger partial charge >= 0.3 is 0 Å². The van der Waals surface area contributed by atoms with Crippen LogP contribution in [0.2, 0.25) is 0 Å². The van der Waals surface area contributed by atoms with Crippen LogP contribution in [0.15, 0.2) is 30.3 Å². The highest BCUT2D eigenvalue weighted by atomic mass is 16.5. The van der Waals surface area contributed by atoms with E-state index in [1.54, 1.807) is 7.11 Å². The van der Waals surface area contributed by atoms with E-state index in [4.69, 9.17) is 4.74 Å². The smallest absolute Gasteiger partial charge is 0.0905 e. The van der Waals surface area contributed by atoms with Crippen molar-refractivity contribution in [2.45, 2.75) is 44.8 Å². The Kier molecular flexibility index (Phi) is 4.97. The van der Waals surface area contributed by atoms with Gasteiger partial charge in [0.25, 0.3) is 0 Å². The van der Waals surface area contributed by atoms with Crippen molar-refractivity contribution in [2.24, 2.45) is 0 Å². The minimum absolute atomic E-state index is 0.414. The Morgan fingerprint density at radius 1 is 1.31 bits per heavy atom. The molecular weight excluding hydrogens is 200 g/mol. The maximum Gasteiger partial charge on any atom is 0.0905 e. The van der Waals surface area contributed by atoms with E-state index in [2.05, 4.69) is 12.1 Å². The molecule has 1 rings (SSSR count). The Hall–Kier alpha value is -0.860. The molecule has 0 saturated heterocycles. The van der Waals surface area contributed by atoms with Gasteiger partial charge in [-0.25, -0.2) is 0 Å². The van der Waals surface area contributed by atoms with Crippen molar-refractivity contribution in [1.82, 2.24) is 0 Å². The second-order valence-electron chi connectivity index (χ2n) is 4.41. The SMILES string of the molecule is CCC(C)(OC)C(O)CCc1ccccc1. The van der Waals surface area contributed by atoms with Crippen LogP contribution >= 0.6 is 0 Å². The summed E-state index contributed by atoms with van der Waals surface area (Å²) in [6.07, 6.45) is 2.03. The lowest BCUT2D eigenvalue weighted by molar-refractivity contribution is -0.0945. The molecule has 0 aliphatic rings. The standard InChI is InChI=1S/C14H22O2/c1-4-14(2,16-3)13(15)11-10-12-8-6-5-7-9-12/h5-9,13,15H,4,10-11H2,1-3H3. The molecule has 1 aromatic carbocycles. The van der Waals surface area contributed by atoms with E-state index in [0.29, 0.717) is 0 Å². The molecule has 2 unspecified atom stereocenters. The first-order valence-corrected chi connectivity index (χ1v) is 5.89. The Labute approximate surface area is 98.3 Å². The zero-order chi connectivity index (χ0) is 12.0. The van der Waals surface area contributed by atoms with Crippen molar-refractivity contribution in [3.05, 3.63) is 35.9 Å². The number of aryl methyl sites for hydroxylation is 1. The van der Waals surface area contributed by atoms with Gasteiger partial charge in [0, 0.05) is 7.11 Å². The Morgan fingerprint density at radius 2 is 1.94 bits per heavy atom. The van der Waals surface area contributed by atoms with Crippen molar-refractivity contribution in [1.29, 1.82) is 0 Å². The zero-order valence-electron chi connectivity index (χ0n) is 10.4. The van der Waals surface area contributed by atoms with Crippen LogP contribution in [-0.2, 0) is 11.2 Å². The lowest BCUT2D eigenvalue weighted by Crippen LogP contribution is -2.40. The van der Waals surface area contributed by atoms with E-state index in [-0.39, 0.29) is 0 Å². The second-order valence-corrected chi connectivity index (χ2v) is 4.41. The molecule has 90 valence electrons. The molecular formula is C14H22O2. The van der Waals surface area contributed by atoms with Crippen LogP contribution in [0.4, 0.5) is 0 Å². The Balaban J connectivity index is 2.49. The van der Waals surface area contributed by atoms with E-state index >= 15 is 0 Å². The number of hydrogen-bond acceptors (Lipinski definition) is 2. The summed E-state index contributed by atoms with van der Waals surface area (Å²) >= 11 is 0. The number of aliphatic hydroxyl groups is 1. The first-order chi connectivity index (χ1) is 7.62. The van der Waals surface area contributed by atoms with E-state index in [1.807, 2.05) is 32.0 Å². The molecule has 0 spiro atoms. The van der Waals surface area contributed by atoms with Crippen LogP contribution in [0.3, 0.4) is 0 Å². The lowest BCUT2D eigenvalue weighted by Gasteiger charge is -2.32. The van der Waals surface area contributed by atoms with Gasteiger partial charge in [0.15, 0.2) is 0 Å². The minimum Gasteiger partial charge on any atom is -0.390 e. The molecule has 2 nitrogen and oxygen atoms in total. The lowest BCUT2D eigenvalue weighted by atomic mass is 9.91. The number of methoxy groups -OCH3 is 1. The number of aliphatic hydroxyl groups excluding tert-OH is 1. The summed E-state index contributed by atoms with van der Waals surface area (Å²) in [7, 11) is 1.66. The maximum atomic E-state index is 10.1. The highest BCUT2D eigenvalue weighted by Crippen LogP contribution is 2.22. The van der Waals surface area contributed by atoms with Crippen LogP contribution in [0.25, 0.3) is 0 Å². The Morgan fingerprint density at radius 3 is 2.44 bits per heavy atom. The molecule has 2 heteroatoms. The van der Waals surface area contributed by atoms with Crippen molar-refractivity contribution in [3.8, 4) is 0 Å². The molecule has 0 fully saturated rings. The van der Waals surface area contributed by atoms with Gasteiger partial charge in [-0.05, 0) is 31.7 Å². The summed E-state index contributed by atoms with van der Waals surface area (Å²) in [5, 5.41) is 10.1. The Bertz CT molecular complexity index is 291. The average Bonchev–Trinajstić information content (AvgIpc) is 2.36. The molecule has 0 amide bonds. The van der Waals surface area contributed by atoms with Crippen molar-refractivity contribution in [2.75, 3.05) is 7.11 Å². The average molecular weight is 222 g/mol. The molecule has 0 saturated carbocycles. The number of benzene rings is 1. The van der Waals surface area contributed by atoms with Crippen LogP contribution in [-0.4, -0.2) is 23.9 Å². The van der Waals surface area contributed by atoms with E-state index in [9.17, 15) is 5.11 Å². The van der Waals surface area contributed by atoms with Gasteiger partial charge in [-0.3, -0.25) is 0 Å². The van der Waals surface area contributed by atoms with Gasteiger partial charge in [0.05, 0.1) is 11.7 Å². The summed E-state index contributed by atoms with van der Waals surface area (Å²) < 4.78 is 5.39. The third-order valence-electron chi connectivity index (χ3n) is 3.42. The summed E-state index contributed by atoms with van der Waals surface area (Å²) in [6.45, 7) is 4.00. The van der Waals surface area contributed by atoms with Gasteiger partial charge in [-0.2, -0.15) is 0 Å². The third kappa shape index (κ3) is 3.32. The molecule has 0 heterocycles. The van der Waals surface area contributed by atoms with E-state index < -0.39 is 11.7 Å². The van der Waals surface area contributed by atoms with Gasteiger partial charge in [-0.1, -0.05) is 37.3 Å². The molecule has 1 aromatic rings. The normalized spacial score (nSPS) is 16.8. The third-order valence-corrected chi connectivity index (χ3v) is 3.42. The van der Waals surface area contributed by atoms with Crippen LogP contribution in [0.1, 0.15) is 32.3 Å².